The lowest BCUT2D eigenvalue weighted by atomic mass is 10.1. The Hall–Kier alpha value is -2.37. The molecule has 0 amide bonds. The van der Waals surface area contributed by atoms with Crippen LogP contribution in [0.4, 0.5) is 5.95 Å². The number of hydrogen-bond donors (Lipinski definition) is 1. The molecule has 1 unspecified atom stereocenters. The van der Waals surface area contributed by atoms with E-state index in [0.717, 1.165) is 12.0 Å². The fourth-order valence-electron chi connectivity index (χ4n) is 1.90. The summed E-state index contributed by atoms with van der Waals surface area (Å²) in [6, 6.07) is 8.96. The second-order valence-electron chi connectivity index (χ2n) is 4.59. The van der Waals surface area contributed by atoms with Crippen LogP contribution in [-0.4, -0.2) is 29.2 Å². The first kappa shape index (κ1) is 15.0. The van der Waals surface area contributed by atoms with Gasteiger partial charge in [-0.2, -0.15) is 9.97 Å². The average Bonchev–Trinajstić information content (AvgIpc) is 2.54. The average molecular weight is 288 g/mol. The van der Waals surface area contributed by atoms with Crippen LogP contribution in [0.1, 0.15) is 31.0 Å². The maximum absolute atomic E-state index is 5.03. The van der Waals surface area contributed by atoms with Gasteiger partial charge >= 0.3 is 12.0 Å². The van der Waals surface area contributed by atoms with E-state index in [1.54, 1.807) is 0 Å². The number of methoxy groups -OCH3 is 2. The lowest BCUT2D eigenvalue weighted by molar-refractivity contribution is 0.341. The van der Waals surface area contributed by atoms with Gasteiger partial charge in [-0.3, -0.25) is 0 Å². The first-order chi connectivity index (χ1) is 10.2. The summed E-state index contributed by atoms with van der Waals surface area (Å²) in [5, 5.41) is 3.22. The number of aromatic nitrogens is 3. The Bertz CT molecular complexity index is 564. The van der Waals surface area contributed by atoms with E-state index >= 15 is 0 Å². The second kappa shape index (κ2) is 6.88. The third-order valence-corrected chi connectivity index (χ3v) is 3.19. The van der Waals surface area contributed by atoms with E-state index in [-0.39, 0.29) is 18.1 Å². The Labute approximate surface area is 124 Å². The molecule has 6 heteroatoms. The van der Waals surface area contributed by atoms with E-state index in [2.05, 4.69) is 51.5 Å². The molecule has 0 aliphatic carbocycles. The summed E-state index contributed by atoms with van der Waals surface area (Å²) in [5.74, 6) is 0.422. The number of nitrogens with zero attached hydrogens (tertiary/aromatic N) is 3. The van der Waals surface area contributed by atoms with Crippen LogP contribution in [0.2, 0.25) is 0 Å². The summed E-state index contributed by atoms with van der Waals surface area (Å²) in [5.41, 5.74) is 2.47. The minimum atomic E-state index is 0.0627. The Morgan fingerprint density at radius 1 is 1.00 bits per heavy atom. The first-order valence-corrected chi connectivity index (χ1v) is 6.85. The van der Waals surface area contributed by atoms with E-state index in [1.807, 2.05) is 6.92 Å². The van der Waals surface area contributed by atoms with Crippen LogP contribution in [0.15, 0.2) is 24.3 Å². The van der Waals surface area contributed by atoms with Crippen molar-refractivity contribution >= 4 is 5.95 Å². The SMILES string of the molecule is CCc1ccc(C(C)Nc2nc(OC)nc(OC)n2)cc1. The Kier molecular flexibility index (Phi) is 4.92. The predicted octanol–water partition coefficient (Wildman–Crippen LogP) is 2.62. The second-order valence-corrected chi connectivity index (χ2v) is 4.59. The molecule has 1 atom stereocenters. The quantitative estimate of drug-likeness (QED) is 0.881. The molecule has 2 aromatic rings. The van der Waals surface area contributed by atoms with E-state index in [9.17, 15) is 0 Å². The minimum Gasteiger partial charge on any atom is -0.467 e. The van der Waals surface area contributed by atoms with Crippen molar-refractivity contribution < 1.29 is 9.47 Å². The van der Waals surface area contributed by atoms with Crippen LogP contribution in [0, 0.1) is 0 Å². The van der Waals surface area contributed by atoms with E-state index in [1.165, 1.54) is 19.8 Å². The van der Waals surface area contributed by atoms with Crippen LogP contribution in [0.5, 0.6) is 12.0 Å². The van der Waals surface area contributed by atoms with Crippen molar-refractivity contribution in [3.63, 3.8) is 0 Å². The van der Waals surface area contributed by atoms with E-state index in [4.69, 9.17) is 9.47 Å². The Morgan fingerprint density at radius 2 is 1.57 bits per heavy atom. The third kappa shape index (κ3) is 3.81. The lowest BCUT2D eigenvalue weighted by Crippen LogP contribution is -2.11. The van der Waals surface area contributed by atoms with Gasteiger partial charge in [0.1, 0.15) is 0 Å². The smallest absolute Gasteiger partial charge is 0.324 e. The fourth-order valence-corrected chi connectivity index (χ4v) is 1.90. The molecule has 1 aromatic carbocycles. The van der Waals surface area contributed by atoms with E-state index in [0.29, 0.717) is 5.95 Å². The zero-order valence-electron chi connectivity index (χ0n) is 12.8. The lowest BCUT2D eigenvalue weighted by Gasteiger charge is -2.15. The molecule has 1 N–H and O–H groups in total. The molecule has 0 saturated carbocycles. The van der Waals surface area contributed by atoms with Crippen molar-refractivity contribution in [3.05, 3.63) is 35.4 Å². The molecule has 6 nitrogen and oxygen atoms in total. The van der Waals surface area contributed by atoms with Gasteiger partial charge in [0, 0.05) is 0 Å². The number of nitrogens with one attached hydrogen (secondary N) is 1. The van der Waals surface area contributed by atoms with Crippen LogP contribution in [-0.2, 0) is 6.42 Å². The molecule has 0 fully saturated rings. The van der Waals surface area contributed by atoms with E-state index < -0.39 is 0 Å². The zero-order valence-corrected chi connectivity index (χ0v) is 12.8. The van der Waals surface area contributed by atoms with Gasteiger partial charge in [-0.05, 0) is 24.5 Å². The van der Waals surface area contributed by atoms with Crippen molar-refractivity contribution in [3.8, 4) is 12.0 Å². The molecule has 112 valence electrons. The Morgan fingerprint density at radius 3 is 2.05 bits per heavy atom. The van der Waals surface area contributed by atoms with Crippen LogP contribution < -0.4 is 14.8 Å². The highest BCUT2D eigenvalue weighted by Crippen LogP contribution is 2.20. The highest BCUT2D eigenvalue weighted by atomic mass is 16.5. The molecule has 0 spiro atoms. The molecule has 0 bridgehead atoms. The zero-order chi connectivity index (χ0) is 15.2. The number of hydrogen-bond acceptors (Lipinski definition) is 6. The summed E-state index contributed by atoms with van der Waals surface area (Å²) < 4.78 is 10.1. The number of rotatable bonds is 6. The van der Waals surface area contributed by atoms with Gasteiger partial charge in [0.05, 0.1) is 20.3 Å². The van der Waals surface area contributed by atoms with Gasteiger partial charge in [-0.25, -0.2) is 0 Å². The molecule has 0 aliphatic heterocycles. The molecular formula is C15H20N4O2. The molecule has 21 heavy (non-hydrogen) atoms. The van der Waals surface area contributed by atoms with Crippen molar-refractivity contribution in [2.75, 3.05) is 19.5 Å². The van der Waals surface area contributed by atoms with Crippen molar-refractivity contribution in [2.45, 2.75) is 26.3 Å². The topological polar surface area (TPSA) is 69.2 Å². The van der Waals surface area contributed by atoms with Gasteiger partial charge in [0.15, 0.2) is 0 Å². The summed E-state index contributed by atoms with van der Waals surface area (Å²) in [7, 11) is 3.01. The third-order valence-electron chi connectivity index (χ3n) is 3.19. The van der Waals surface area contributed by atoms with Crippen LogP contribution in [0.3, 0.4) is 0 Å². The number of anilines is 1. The van der Waals surface area contributed by atoms with Gasteiger partial charge in [0.25, 0.3) is 0 Å². The maximum Gasteiger partial charge on any atom is 0.324 e. The standard InChI is InChI=1S/C15H20N4O2/c1-5-11-6-8-12(9-7-11)10(2)16-13-17-14(20-3)19-15(18-13)21-4/h6-10H,5H2,1-4H3,(H,16,17,18,19). The van der Waals surface area contributed by atoms with Crippen molar-refractivity contribution in [1.82, 2.24) is 15.0 Å². The molecule has 1 aromatic heterocycles. The summed E-state index contributed by atoms with van der Waals surface area (Å²) in [6.45, 7) is 4.18. The normalized spacial score (nSPS) is 11.8. The van der Waals surface area contributed by atoms with Gasteiger partial charge in [0.2, 0.25) is 5.95 Å². The highest BCUT2D eigenvalue weighted by molar-refractivity contribution is 5.34. The molecule has 2 rings (SSSR count). The summed E-state index contributed by atoms with van der Waals surface area (Å²) >= 11 is 0. The molecule has 0 aliphatic rings. The Balaban J connectivity index is 2.15. The largest absolute Gasteiger partial charge is 0.467 e. The van der Waals surface area contributed by atoms with Gasteiger partial charge in [-0.1, -0.05) is 31.2 Å². The van der Waals surface area contributed by atoms with Crippen LogP contribution in [0.25, 0.3) is 0 Å². The van der Waals surface area contributed by atoms with Crippen molar-refractivity contribution in [1.29, 1.82) is 0 Å². The minimum absolute atomic E-state index is 0.0627. The first-order valence-electron chi connectivity index (χ1n) is 6.85. The molecule has 1 heterocycles. The molecule has 0 radical (unpaired) electrons. The van der Waals surface area contributed by atoms with Gasteiger partial charge in [-0.15, -0.1) is 4.98 Å². The molecular weight excluding hydrogens is 268 g/mol. The highest BCUT2D eigenvalue weighted by Gasteiger charge is 2.11. The van der Waals surface area contributed by atoms with Crippen LogP contribution >= 0.6 is 0 Å². The molecule has 0 saturated heterocycles. The predicted molar refractivity (Wildman–Crippen MR) is 80.8 cm³/mol. The maximum atomic E-state index is 5.03. The summed E-state index contributed by atoms with van der Waals surface area (Å²) in [6.07, 6.45) is 1.03. The number of benzene rings is 1. The summed E-state index contributed by atoms with van der Waals surface area (Å²) in [4.78, 5) is 12.3. The van der Waals surface area contributed by atoms with Gasteiger partial charge < -0.3 is 14.8 Å². The monoisotopic (exact) mass is 288 g/mol. The fraction of sp³-hybridized carbons (Fsp3) is 0.400. The van der Waals surface area contributed by atoms with Crippen molar-refractivity contribution in [2.24, 2.45) is 0 Å². The number of ether oxygens (including phenoxy) is 2. The number of aryl methyl sites for hydroxylation is 1.